The molecule has 0 fully saturated rings. The molecule has 0 aliphatic carbocycles. The number of nitriles is 1. The summed E-state index contributed by atoms with van der Waals surface area (Å²) in [5, 5.41) is 9.06. The Hall–Kier alpha value is -2.04. The molecule has 0 saturated carbocycles. The lowest BCUT2D eigenvalue weighted by Gasteiger charge is -2.19. The Balaban J connectivity index is 2.04. The molecule has 2 aromatic carbocycles. The van der Waals surface area contributed by atoms with Crippen LogP contribution < -0.4 is 9.47 Å². The number of hydrogen-bond acceptors (Lipinski definition) is 4. The van der Waals surface area contributed by atoms with Gasteiger partial charge < -0.3 is 14.4 Å². The third-order valence-electron chi connectivity index (χ3n) is 3.54. The molecule has 26 heavy (non-hydrogen) atoms. The second-order valence-electron chi connectivity index (χ2n) is 5.50. The second kappa shape index (κ2) is 9.60. The zero-order chi connectivity index (χ0) is 19.1. The van der Waals surface area contributed by atoms with Gasteiger partial charge in [0.2, 0.25) is 0 Å². The van der Waals surface area contributed by atoms with E-state index in [2.05, 4.69) is 37.9 Å². The van der Waals surface area contributed by atoms with Crippen molar-refractivity contribution in [2.45, 2.75) is 13.5 Å². The number of ether oxygens (including phenoxy) is 2. The third-order valence-corrected chi connectivity index (χ3v) is 4.65. The van der Waals surface area contributed by atoms with E-state index >= 15 is 0 Å². The van der Waals surface area contributed by atoms with Crippen molar-refractivity contribution in [2.24, 2.45) is 0 Å². The van der Waals surface area contributed by atoms with E-state index in [1.54, 1.807) is 24.1 Å². The lowest BCUT2D eigenvalue weighted by molar-refractivity contribution is -0.132. The van der Waals surface area contributed by atoms with Crippen molar-refractivity contribution in [1.29, 1.82) is 5.26 Å². The average molecular weight is 482 g/mol. The molecule has 7 heteroatoms. The van der Waals surface area contributed by atoms with Gasteiger partial charge in [0, 0.05) is 24.1 Å². The average Bonchev–Trinajstić information content (AvgIpc) is 2.62. The number of amides is 1. The number of halogens is 2. The van der Waals surface area contributed by atoms with Crippen molar-refractivity contribution in [1.82, 2.24) is 4.90 Å². The van der Waals surface area contributed by atoms with Crippen LogP contribution >= 0.6 is 31.9 Å². The summed E-state index contributed by atoms with van der Waals surface area (Å²) in [6.45, 7) is 2.63. The Morgan fingerprint density at radius 1 is 1.19 bits per heavy atom. The summed E-state index contributed by atoms with van der Waals surface area (Å²) in [6.07, 6.45) is 0. The summed E-state index contributed by atoms with van der Waals surface area (Å²) in [6, 6.07) is 13.1. The minimum atomic E-state index is -0.161. The van der Waals surface area contributed by atoms with Crippen LogP contribution in [0.3, 0.4) is 0 Å². The lowest BCUT2D eigenvalue weighted by atomic mass is 10.2. The van der Waals surface area contributed by atoms with Gasteiger partial charge in [0.1, 0.15) is 0 Å². The number of hydrogen-bond donors (Lipinski definition) is 0. The molecular weight excluding hydrogens is 464 g/mol. The molecule has 0 bridgehead atoms. The van der Waals surface area contributed by atoms with Crippen LogP contribution in [0, 0.1) is 11.3 Å². The van der Waals surface area contributed by atoms with Gasteiger partial charge in [-0.15, -0.1) is 0 Å². The Bertz CT molecular complexity index is 817. The van der Waals surface area contributed by atoms with Crippen molar-refractivity contribution < 1.29 is 14.3 Å². The van der Waals surface area contributed by atoms with E-state index in [0.29, 0.717) is 34.7 Å². The minimum absolute atomic E-state index is 0.127. The predicted octanol–water partition coefficient (Wildman–Crippen LogP) is 4.52. The SMILES string of the molecule is CCOc1cc(C#N)cc(Br)c1OCC(=O)N(C)Cc1ccc(Br)cc1. The fourth-order valence-electron chi connectivity index (χ4n) is 2.23. The number of nitrogens with zero attached hydrogens (tertiary/aromatic N) is 2. The Morgan fingerprint density at radius 3 is 2.50 bits per heavy atom. The van der Waals surface area contributed by atoms with E-state index in [1.165, 1.54) is 0 Å². The molecule has 1 amide bonds. The summed E-state index contributed by atoms with van der Waals surface area (Å²) in [5.41, 5.74) is 1.48. The number of likely N-dealkylation sites (N-methyl/N-ethyl adjacent to an activating group) is 1. The van der Waals surface area contributed by atoms with Crippen molar-refractivity contribution in [2.75, 3.05) is 20.3 Å². The van der Waals surface area contributed by atoms with Gasteiger partial charge in [0.25, 0.3) is 5.91 Å². The number of carbonyl (C=O) groups is 1. The van der Waals surface area contributed by atoms with Crippen LogP contribution in [-0.4, -0.2) is 31.1 Å². The maximum Gasteiger partial charge on any atom is 0.260 e. The highest BCUT2D eigenvalue weighted by Crippen LogP contribution is 2.36. The normalized spacial score (nSPS) is 10.1. The van der Waals surface area contributed by atoms with Crippen molar-refractivity contribution in [3.05, 3.63) is 56.5 Å². The van der Waals surface area contributed by atoms with E-state index < -0.39 is 0 Å². The molecule has 136 valence electrons. The zero-order valence-corrected chi connectivity index (χ0v) is 17.6. The summed E-state index contributed by atoms with van der Waals surface area (Å²) in [4.78, 5) is 14.0. The first kappa shape index (κ1) is 20.3. The maximum atomic E-state index is 12.4. The molecule has 2 aromatic rings. The van der Waals surface area contributed by atoms with Crippen LogP contribution in [0.1, 0.15) is 18.1 Å². The fraction of sp³-hybridized carbons (Fsp3) is 0.263. The molecule has 0 aromatic heterocycles. The summed E-state index contributed by atoms with van der Waals surface area (Å²) < 4.78 is 12.8. The molecule has 0 N–H and O–H groups in total. The van der Waals surface area contributed by atoms with Gasteiger partial charge in [-0.25, -0.2) is 0 Å². The Labute approximate surface area is 169 Å². The molecule has 0 aliphatic heterocycles. The molecule has 0 aliphatic rings. The van der Waals surface area contributed by atoms with Crippen molar-refractivity contribution >= 4 is 37.8 Å². The van der Waals surface area contributed by atoms with Crippen LogP contribution in [0.2, 0.25) is 0 Å². The van der Waals surface area contributed by atoms with Gasteiger partial charge >= 0.3 is 0 Å². The topological polar surface area (TPSA) is 62.6 Å². The zero-order valence-electron chi connectivity index (χ0n) is 14.5. The summed E-state index contributed by atoms with van der Waals surface area (Å²) >= 11 is 6.76. The number of carbonyl (C=O) groups excluding carboxylic acids is 1. The van der Waals surface area contributed by atoms with E-state index in [4.69, 9.17) is 14.7 Å². The Kier molecular flexibility index (Phi) is 7.49. The first-order valence-electron chi connectivity index (χ1n) is 7.92. The highest BCUT2D eigenvalue weighted by atomic mass is 79.9. The fourth-order valence-corrected chi connectivity index (χ4v) is 3.05. The van der Waals surface area contributed by atoms with Gasteiger partial charge in [-0.05, 0) is 46.6 Å². The van der Waals surface area contributed by atoms with Crippen molar-refractivity contribution in [3.8, 4) is 17.6 Å². The van der Waals surface area contributed by atoms with Crippen LogP contribution in [-0.2, 0) is 11.3 Å². The molecule has 0 radical (unpaired) electrons. The van der Waals surface area contributed by atoms with Gasteiger partial charge in [-0.1, -0.05) is 28.1 Å². The van der Waals surface area contributed by atoms with Crippen LogP contribution in [0.15, 0.2) is 45.3 Å². The molecule has 0 atom stereocenters. The van der Waals surface area contributed by atoms with Gasteiger partial charge in [0.15, 0.2) is 18.1 Å². The van der Waals surface area contributed by atoms with E-state index in [1.807, 2.05) is 31.2 Å². The smallest absolute Gasteiger partial charge is 0.260 e. The van der Waals surface area contributed by atoms with Crippen LogP contribution in [0.4, 0.5) is 0 Å². The monoisotopic (exact) mass is 480 g/mol. The molecular formula is C19H18Br2N2O3. The number of rotatable bonds is 7. The standard InChI is InChI=1S/C19H18Br2N2O3/c1-3-25-17-9-14(10-22)8-16(21)19(17)26-12-18(24)23(2)11-13-4-6-15(20)7-5-13/h4-9H,3,11-12H2,1-2H3. The summed E-state index contributed by atoms with van der Waals surface area (Å²) in [7, 11) is 1.73. The quantitative estimate of drug-likeness (QED) is 0.583. The van der Waals surface area contributed by atoms with E-state index in [0.717, 1.165) is 10.0 Å². The summed E-state index contributed by atoms with van der Waals surface area (Å²) in [5.74, 6) is 0.685. The van der Waals surface area contributed by atoms with Gasteiger partial charge in [-0.3, -0.25) is 4.79 Å². The molecule has 0 saturated heterocycles. The molecule has 2 rings (SSSR count). The molecule has 0 heterocycles. The van der Waals surface area contributed by atoms with Crippen molar-refractivity contribution in [3.63, 3.8) is 0 Å². The second-order valence-corrected chi connectivity index (χ2v) is 7.27. The highest BCUT2D eigenvalue weighted by Gasteiger charge is 2.16. The largest absolute Gasteiger partial charge is 0.490 e. The third kappa shape index (κ3) is 5.48. The van der Waals surface area contributed by atoms with Crippen LogP contribution in [0.5, 0.6) is 11.5 Å². The first-order valence-corrected chi connectivity index (χ1v) is 9.50. The molecule has 0 unspecified atom stereocenters. The molecule has 5 nitrogen and oxygen atoms in total. The predicted molar refractivity (Wildman–Crippen MR) is 106 cm³/mol. The Morgan fingerprint density at radius 2 is 1.88 bits per heavy atom. The lowest BCUT2D eigenvalue weighted by Crippen LogP contribution is -2.31. The maximum absolute atomic E-state index is 12.4. The highest BCUT2D eigenvalue weighted by molar-refractivity contribution is 9.10. The molecule has 0 spiro atoms. The van der Waals surface area contributed by atoms with Crippen LogP contribution in [0.25, 0.3) is 0 Å². The van der Waals surface area contributed by atoms with E-state index in [-0.39, 0.29) is 12.5 Å². The van der Waals surface area contributed by atoms with E-state index in [9.17, 15) is 4.79 Å². The first-order chi connectivity index (χ1) is 12.4. The van der Waals surface area contributed by atoms with Gasteiger partial charge in [0.05, 0.1) is 22.7 Å². The minimum Gasteiger partial charge on any atom is -0.490 e. The van der Waals surface area contributed by atoms with Gasteiger partial charge in [-0.2, -0.15) is 5.26 Å². The number of benzene rings is 2.